The molecule has 3 aromatic carbocycles. The van der Waals surface area contributed by atoms with Gasteiger partial charge < -0.3 is 14.8 Å². The monoisotopic (exact) mass is 520 g/mol. The number of ether oxygens (including phenoxy) is 2. The van der Waals surface area contributed by atoms with Gasteiger partial charge in [-0.05, 0) is 65.7 Å². The van der Waals surface area contributed by atoms with Crippen molar-refractivity contribution in [3.8, 4) is 11.5 Å². The van der Waals surface area contributed by atoms with Crippen molar-refractivity contribution in [1.82, 2.24) is 4.90 Å². The van der Waals surface area contributed by atoms with Gasteiger partial charge in [0.05, 0.1) is 18.6 Å². The normalized spacial score (nSPS) is 14.2. The van der Waals surface area contributed by atoms with Crippen LogP contribution in [-0.4, -0.2) is 35.7 Å². The second-order valence-electron chi connectivity index (χ2n) is 8.16. The number of aryl methyl sites for hydroxylation is 1. The van der Waals surface area contributed by atoms with Crippen molar-refractivity contribution in [2.75, 3.05) is 19.0 Å². The zero-order valence-corrected chi connectivity index (χ0v) is 21.1. The van der Waals surface area contributed by atoms with Crippen molar-refractivity contribution in [2.45, 2.75) is 19.9 Å². The lowest BCUT2D eigenvalue weighted by atomic mass is 10.1. The highest BCUT2D eigenvalue weighted by atomic mass is 32.2. The molecule has 190 valence electrons. The second kappa shape index (κ2) is 11.7. The number of methoxy groups -OCH3 is 1. The highest BCUT2D eigenvalue weighted by molar-refractivity contribution is 8.18. The van der Waals surface area contributed by atoms with Crippen LogP contribution in [0.1, 0.15) is 23.6 Å². The maximum absolute atomic E-state index is 14.0. The van der Waals surface area contributed by atoms with E-state index in [1.165, 1.54) is 24.8 Å². The van der Waals surface area contributed by atoms with E-state index in [1.54, 1.807) is 36.4 Å². The number of halogens is 1. The summed E-state index contributed by atoms with van der Waals surface area (Å²) in [6.07, 6.45) is 2.48. The number of carbonyl (C=O) groups is 3. The van der Waals surface area contributed by atoms with E-state index in [4.69, 9.17) is 9.47 Å². The van der Waals surface area contributed by atoms with Crippen molar-refractivity contribution in [3.05, 3.63) is 94.1 Å². The fourth-order valence-electron chi connectivity index (χ4n) is 3.64. The Morgan fingerprint density at radius 2 is 1.81 bits per heavy atom. The first-order valence-electron chi connectivity index (χ1n) is 11.6. The van der Waals surface area contributed by atoms with Crippen LogP contribution in [0.2, 0.25) is 0 Å². The SMILES string of the molecule is CCc1ccc(NC(=O)COc2ccc(/C=C3/SC(=O)N(Cc4ccccc4F)C3=O)cc2OC)cc1. The smallest absolute Gasteiger partial charge is 0.293 e. The Kier molecular flexibility index (Phi) is 8.25. The van der Waals surface area contributed by atoms with Gasteiger partial charge in [0.15, 0.2) is 18.1 Å². The van der Waals surface area contributed by atoms with Gasteiger partial charge in [0.25, 0.3) is 17.1 Å². The van der Waals surface area contributed by atoms with Gasteiger partial charge in [0, 0.05) is 11.3 Å². The van der Waals surface area contributed by atoms with Crippen molar-refractivity contribution in [3.63, 3.8) is 0 Å². The number of nitrogens with one attached hydrogen (secondary N) is 1. The summed E-state index contributed by atoms with van der Waals surface area (Å²) in [5, 5.41) is 2.31. The minimum atomic E-state index is -0.499. The summed E-state index contributed by atoms with van der Waals surface area (Å²) < 4.78 is 25.0. The number of carbonyl (C=O) groups excluding carboxylic acids is 3. The summed E-state index contributed by atoms with van der Waals surface area (Å²) in [7, 11) is 1.46. The topological polar surface area (TPSA) is 84.9 Å². The molecule has 0 aromatic heterocycles. The highest BCUT2D eigenvalue weighted by Gasteiger charge is 2.35. The van der Waals surface area contributed by atoms with Gasteiger partial charge in [-0.15, -0.1) is 0 Å². The molecule has 4 rings (SSSR count). The Hall–Kier alpha value is -4.11. The standard InChI is InChI=1S/C28H25FN2O5S/c1-3-18-8-11-21(12-9-18)30-26(32)17-36-23-13-10-19(14-24(23)35-2)15-25-27(33)31(28(34)37-25)16-20-6-4-5-7-22(20)29/h4-15H,3,16-17H2,1-2H3,(H,30,32)/b25-15+. The Morgan fingerprint density at radius 3 is 2.51 bits per heavy atom. The first kappa shape index (κ1) is 26.0. The lowest BCUT2D eigenvalue weighted by molar-refractivity contribution is -0.123. The zero-order chi connectivity index (χ0) is 26.4. The van der Waals surface area contributed by atoms with Crippen molar-refractivity contribution in [2.24, 2.45) is 0 Å². The molecule has 1 heterocycles. The van der Waals surface area contributed by atoms with E-state index in [2.05, 4.69) is 12.2 Å². The van der Waals surface area contributed by atoms with Crippen LogP contribution in [-0.2, 0) is 22.6 Å². The number of hydrogen-bond acceptors (Lipinski definition) is 6. The number of thioether (sulfide) groups is 1. The van der Waals surface area contributed by atoms with Gasteiger partial charge in [0.1, 0.15) is 5.82 Å². The van der Waals surface area contributed by atoms with E-state index in [-0.39, 0.29) is 29.5 Å². The predicted molar refractivity (Wildman–Crippen MR) is 141 cm³/mol. The fraction of sp³-hybridized carbons (Fsp3) is 0.179. The van der Waals surface area contributed by atoms with E-state index < -0.39 is 17.0 Å². The van der Waals surface area contributed by atoms with Crippen molar-refractivity contribution < 1.29 is 28.2 Å². The van der Waals surface area contributed by atoms with Gasteiger partial charge in [-0.3, -0.25) is 19.3 Å². The summed E-state index contributed by atoms with van der Waals surface area (Å²) in [5.74, 6) is -0.586. The molecule has 0 unspecified atom stereocenters. The third-order valence-electron chi connectivity index (χ3n) is 5.65. The van der Waals surface area contributed by atoms with Crippen LogP contribution < -0.4 is 14.8 Å². The van der Waals surface area contributed by atoms with Crippen LogP contribution >= 0.6 is 11.8 Å². The summed E-state index contributed by atoms with van der Waals surface area (Å²) in [6.45, 7) is 1.69. The number of hydrogen-bond donors (Lipinski definition) is 1. The molecule has 7 nitrogen and oxygen atoms in total. The van der Waals surface area contributed by atoms with E-state index >= 15 is 0 Å². The van der Waals surface area contributed by atoms with Crippen LogP contribution in [0.4, 0.5) is 14.9 Å². The highest BCUT2D eigenvalue weighted by Crippen LogP contribution is 2.35. The van der Waals surface area contributed by atoms with E-state index in [9.17, 15) is 18.8 Å². The number of imide groups is 1. The molecule has 0 atom stereocenters. The molecule has 0 bridgehead atoms. The molecule has 0 radical (unpaired) electrons. The number of amides is 3. The lowest BCUT2D eigenvalue weighted by Gasteiger charge is -2.13. The largest absolute Gasteiger partial charge is 0.493 e. The molecule has 1 aliphatic heterocycles. The van der Waals surface area contributed by atoms with Gasteiger partial charge in [-0.2, -0.15) is 0 Å². The second-order valence-corrected chi connectivity index (χ2v) is 9.15. The van der Waals surface area contributed by atoms with Crippen LogP contribution in [0.25, 0.3) is 6.08 Å². The molecule has 0 saturated carbocycles. The quantitative estimate of drug-likeness (QED) is 0.367. The molecule has 0 aliphatic carbocycles. The summed E-state index contributed by atoms with van der Waals surface area (Å²) in [6, 6.07) is 18.5. The average Bonchev–Trinajstić information content (AvgIpc) is 3.16. The predicted octanol–water partition coefficient (Wildman–Crippen LogP) is 5.65. The number of benzene rings is 3. The van der Waals surface area contributed by atoms with Gasteiger partial charge in [0.2, 0.25) is 0 Å². The van der Waals surface area contributed by atoms with E-state index in [1.807, 2.05) is 24.3 Å². The number of nitrogens with zero attached hydrogens (tertiary/aromatic N) is 1. The van der Waals surface area contributed by atoms with Gasteiger partial charge in [-0.25, -0.2) is 4.39 Å². The third kappa shape index (κ3) is 6.37. The molecular weight excluding hydrogens is 495 g/mol. The number of rotatable bonds is 9. The Morgan fingerprint density at radius 1 is 1.05 bits per heavy atom. The first-order chi connectivity index (χ1) is 17.9. The summed E-state index contributed by atoms with van der Waals surface area (Å²) in [4.78, 5) is 38.8. The molecule has 0 spiro atoms. The molecule has 37 heavy (non-hydrogen) atoms. The fourth-order valence-corrected chi connectivity index (χ4v) is 4.48. The summed E-state index contributed by atoms with van der Waals surface area (Å²) in [5.41, 5.74) is 2.71. The molecule has 1 fully saturated rings. The third-order valence-corrected chi connectivity index (χ3v) is 6.56. The molecular formula is C28H25FN2O5S. The molecule has 1 aliphatic rings. The molecule has 1 saturated heterocycles. The Bertz CT molecular complexity index is 1360. The molecule has 9 heteroatoms. The van der Waals surface area contributed by atoms with Crippen LogP contribution in [0.15, 0.2) is 71.6 Å². The minimum absolute atomic E-state index is 0.143. The van der Waals surface area contributed by atoms with Crippen LogP contribution in [0.3, 0.4) is 0 Å². The Balaban J connectivity index is 1.41. The summed E-state index contributed by atoms with van der Waals surface area (Å²) >= 11 is 0.788. The number of anilines is 1. The first-order valence-corrected chi connectivity index (χ1v) is 12.4. The van der Waals surface area contributed by atoms with Gasteiger partial charge >= 0.3 is 0 Å². The average molecular weight is 521 g/mol. The van der Waals surface area contributed by atoms with Crippen molar-refractivity contribution >= 4 is 40.6 Å². The maximum atomic E-state index is 14.0. The van der Waals surface area contributed by atoms with E-state index in [0.29, 0.717) is 22.7 Å². The van der Waals surface area contributed by atoms with Crippen LogP contribution in [0, 0.1) is 5.82 Å². The van der Waals surface area contributed by atoms with Crippen molar-refractivity contribution in [1.29, 1.82) is 0 Å². The van der Waals surface area contributed by atoms with Gasteiger partial charge in [-0.1, -0.05) is 43.3 Å². The molecule has 3 aromatic rings. The van der Waals surface area contributed by atoms with E-state index in [0.717, 1.165) is 23.1 Å². The molecule has 3 amide bonds. The molecule has 1 N–H and O–H groups in total. The zero-order valence-electron chi connectivity index (χ0n) is 20.3. The van der Waals surface area contributed by atoms with Crippen LogP contribution in [0.5, 0.6) is 11.5 Å². The lowest BCUT2D eigenvalue weighted by Crippen LogP contribution is -2.27. The maximum Gasteiger partial charge on any atom is 0.293 e. The minimum Gasteiger partial charge on any atom is -0.493 e. The Labute approximate surface area is 218 Å².